The van der Waals surface area contributed by atoms with Crippen molar-refractivity contribution in [2.75, 3.05) is 13.1 Å². The van der Waals surface area contributed by atoms with Crippen molar-refractivity contribution in [3.05, 3.63) is 35.4 Å². The highest BCUT2D eigenvalue weighted by Gasteiger charge is 2.27. The van der Waals surface area contributed by atoms with Gasteiger partial charge in [-0.05, 0) is 57.1 Å². The van der Waals surface area contributed by atoms with Gasteiger partial charge in [-0.1, -0.05) is 24.3 Å². The number of carbonyl (C=O) groups is 1. The Kier molecular flexibility index (Phi) is 5.46. The highest BCUT2D eigenvalue weighted by Crippen LogP contribution is 2.24. The number of hydrogen-bond donors (Lipinski definition) is 1. The lowest BCUT2D eigenvalue weighted by atomic mass is 9.88. The van der Waals surface area contributed by atoms with Crippen LogP contribution < -0.4 is 0 Å². The number of nitrogens with zero attached hydrogens (tertiary/aromatic N) is 1. The van der Waals surface area contributed by atoms with Crippen molar-refractivity contribution in [3.63, 3.8) is 0 Å². The van der Waals surface area contributed by atoms with Crippen LogP contribution in [0.1, 0.15) is 44.7 Å². The minimum absolute atomic E-state index is 0.0902. The Hall–Kier alpha value is -1.55. The van der Waals surface area contributed by atoms with Gasteiger partial charge in [-0.25, -0.2) is 4.79 Å². The van der Waals surface area contributed by atoms with Crippen molar-refractivity contribution >= 4 is 6.09 Å². The quantitative estimate of drug-likeness (QED) is 0.931. The molecule has 1 amide bonds. The summed E-state index contributed by atoms with van der Waals surface area (Å²) in [6.45, 7) is 7.27. The third kappa shape index (κ3) is 4.73. The van der Waals surface area contributed by atoms with Gasteiger partial charge >= 0.3 is 6.09 Å². The van der Waals surface area contributed by atoms with Crippen LogP contribution in [0.15, 0.2) is 24.3 Å². The summed E-state index contributed by atoms with van der Waals surface area (Å²) < 4.78 is 5.42. The van der Waals surface area contributed by atoms with Crippen LogP contribution in [0.4, 0.5) is 4.79 Å². The van der Waals surface area contributed by atoms with Crippen LogP contribution >= 0.6 is 0 Å². The van der Waals surface area contributed by atoms with Crippen LogP contribution in [0.5, 0.6) is 0 Å². The highest BCUT2D eigenvalue weighted by molar-refractivity contribution is 5.68. The molecule has 1 aromatic carbocycles. The van der Waals surface area contributed by atoms with Gasteiger partial charge in [0.05, 0.1) is 6.61 Å². The minimum atomic E-state index is -0.437. The molecule has 1 aliphatic heterocycles. The maximum atomic E-state index is 12.0. The van der Waals surface area contributed by atoms with Gasteiger partial charge in [-0.3, -0.25) is 0 Å². The standard InChI is InChI=1S/C18H27NO3/c1-18(2,3)22-17(21)19-10-8-14(9-11-19)12-15-6-4-5-7-16(15)13-20/h4-7,14,20H,8-13H2,1-3H3. The first-order chi connectivity index (χ1) is 10.4. The third-order valence-electron chi connectivity index (χ3n) is 4.06. The molecule has 1 fully saturated rings. The molecule has 1 saturated heterocycles. The Morgan fingerprint density at radius 2 is 1.82 bits per heavy atom. The first kappa shape index (κ1) is 16.8. The Labute approximate surface area is 133 Å². The second-order valence-corrected chi connectivity index (χ2v) is 7.04. The Morgan fingerprint density at radius 3 is 2.36 bits per heavy atom. The van der Waals surface area contributed by atoms with Gasteiger partial charge < -0.3 is 14.7 Å². The molecule has 0 aliphatic carbocycles. The van der Waals surface area contributed by atoms with Gasteiger partial charge in [-0.15, -0.1) is 0 Å². The molecule has 22 heavy (non-hydrogen) atoms. The summed E-state index contributed by atoms with van der Waals surface area (Å²) in [4.78, 5) is 13.9. The summed E-state index contributed by atoms with van der Waals surface area (Å²) in [6.07, 6.45) is 2.73. The van der Waals surface area contributed by atoms with E-state index in [0.29, 0.717) is 5.92 Å². The van der Waals surface area contributed by atoms with Gasteiger partial charge in [-0.2, -0.15) is 0 Å². The largest absolute Gasteiger partial charge is 0.444 e. The van der Waals surface area contributed by atoms with Crippen LogP contribution in [-0.2, 0) is 17.8 Å². The molecule has 0 unspecified atom stereocenters. The number of carbonyl (C=O) groups excluding carboxylic acids is 1. The Balaban J connectivity index is 1.86. The smallest absolute Gasteiger partial charge is 0.410 e. The molecule has 0 atom stereocenters. The van der Waals surface area contributed by atoms with E-state index in [1.807, 2.05) is 39.0 Å². The number of aliphatic hydroxyl groups is 1. The zero-order chi connectivity index (χ0) is 16.2. The molecule has 2 rings (SSSR count). The first-order valence-corrected chi connectivity index (χ1v) is 8.04. The second-order valence-electron chi connectivity index (χ2n) is 7.04. The lowest BCUT2D eigenvalue weighted by Gasteiger charge is -2.33. The van der Waals surface area contributed by atoms with Crippen molar-refractivity contribution in [3.8, 4) is 0 Å². The lowest BCUT2D eigenvalue weighted by Crippen LogP contribution is -2.42. The van der Waals surface area contributed by atoms with Gasteiger partial charge in [0.1, 0.15) is 5.60 Å². The topological polar surface area (TPSA) is 49.8 Å². The minimum Gasteiger partial charge on any atom is -0.444 e. The molecular formula is C18H27NO3. The van der Waals surface area contributed by atoms with E-state index in [2.05, 4.69) is 6.07 Å². The maximum Gasteiger partial charge on any atom is 0.410 e. The van der Waals surface area contributed by atoms with Gasteiger partial charge in [0.15, 0.2) is 0 Å². The van der Waals surface area contributed by atoms with E-state index in [-0.39, 0.29) is 12.7 Å². The third-order valence-corrected chi connectivity index (χ3v) is 4.06. The van der Waals surface area contributed by atoms with Crippen LogP contribution in [-0.4, -0.2) is 34.8 Å². The Morgan fingerprint density at radius 1 is 1.23 bits per heavy atom. The molecule has 122 valence electrons. The lowest BCUT2D eigenvalue weighted by molar-refractivity contribution is 0.0184. The van der Waals surface area contributed by atoms with Crippen LogP contribution in [0.25, 0.3) is 0 Å². The molecule has 0 saturated carbocycles. The fraction of sp³-hybridized carbons (Fsp3) is 0.611. The molecule has 0 radical (unpaired) electrons. The molecule has 0 aromatic heterocycles. The molecule has 1 N–H and O–H groups in total. The summed E-state index contributed by atoms with van der Waals surface area (Å²) in [5.41, 5.74) is 1.80. The fourth-order valence-corrected chi connectivity index (χ4v) is 2.87. The number of piperidine rings is 1. The van der Waals surface area contributed by atoms with Gasteiger partial charge in [0.2, 0.25) is 0 Å². The number of benzene rings is 1. The monoisotopic (exact) mass is 305 g/mol. The molecule has 4 nitrogen and oxygen atoms in total. The predicted molar refractivity (Wildman–Crippen MR) is 86.6 cm³/mol. The van der Waals surface area contributed by atoms with E-state index in [0.717, 1.165) is 37.9 Å². The molecule has 1 aromatic rings. The van der Waals surface area contributed by atoms with E-state index < -0.39 is 5.60 Å². The van der Waals surface area contributed by atoms with Crippen molar-refractivity contribution in [2.45, 2.75) is 52.2 Å². The normalized spacial score (nSPS) is 16.6. The number of likely N-dealkylation sites (tertiary alicyclic amines) is 1. The number of aliphatic hydroxyl groups excluding tert-OH is 1. The summed E-state index contributed by atoms with van der Waals surface area (Å²) in [5.74, 6) is 0.561. The fourth-order valence-electron chi connectivity index (χ4n) is 2.87. The van der Waals surface area contributed by atoms with E-state index in [1.54, 1.807) is 4.90 Å². The number of hydrogen-bond acceptors (Lipinski definition) is 3. The van der Waals surface area contributed by atoms with Crippen LogP contribution in [0.3, 0.4) is 0 Å². The first-order valence-electron chi connectivity index (χ1n) is 8.04. The van der Waals surface area contributed by atoms with Crippen molar-refractivity contribution in [1.29, 1.82) is 0 Å². The van der Waals surface area contributed by atoms with E-state index in [4.69, 9.17) is 4.74 Å². The predicted octanol–water partition coefficient (Wildman–Crippen LogP) is 3.37. The molecule has 1 aliphatic rings. The zero-order valence-electron chi connectivity index (χ0n) is 13.8. The SMILES string of the molecule is CC(C)(C)OC(=O)N1CCC(Cc2ccccc2CO)CC1. The van der Waals surface area contributed by atoms with Crippen molar-refractivity contribution in [2.24, 2.45) is 5.92 Å². The second kappa shape index (κ2) is 7.14. The Bertz CT molecular complexity index is 499. The molecule has 4 heteroatoms. The van der Waals surface area contributed by atoms with Gasteiger partial charge in [0.25, 0.3) is 0 Å². The molecule has 0 bridgehead atoms. The van der Waals surface area contributed by atoms with E-state index in [9.17, 15) is 9.90 Å². The zero-order valence-corrected chi connectivity index (χ0v) is 13.8. The summed E-state index contributed by atoms with van der Waals surface area (Å²) in [7, 11) is 0. The van der Waals surface area contributed by atoms with Crippen LogP contribution in [0.2, 0.25) is 0 Å². The molecule has 1 heterocycles. The van der Waals surface area contributed by atoms with E-state index in [1.165, 1.54) is 5.56 Å². The van der Waals surface area contributed by atoms with E-state index >= 15 is 0 Å². The summed E-state index contributed by atoms with van der Waals surface area (Å²) in [6, 6.07) is 8.04. The summed E-state index contributed by atoms with van der Waals surface area (Å²) >= 11 is 0. The average Bonchev–Trinajstić information content (AvgIpc) is 2.47. The maximum absolute atomic E-state index is 12.0. The molecule has 0 spiro atoms. The number of rotatable bonds is 3. The average molecular weight is 305 g/mol. The van der Waals surface area contributed by atoms with Gasteiger partial charge in [0, 0.05) is 13.1 Å². The molecular weight excluding hydrogens is 278 g/mol. The summed E-state index contributed by atoms with van der Waals surface area (Å²) in [5, 5.41) is 9.40. The van der Waals surface area contributed by atoms with Crippen molar-refractivity contribution in [1.82, 2.24) is 4.90 Å². The van der Waals surface area contributed by atoms with Crippen LogP contribution in [0, 0.1) is 5.92 Å². The van der Waals surface area contributed by atoms with Crippen molar-refractivity contribution < 1.29 is 14.6 Å². The number of ether oxygens (including phenoxy) is 1. The highest BCUT2D eigenvalue weighted by atomic mass is 16.6. The number of amides is 1.